The number of hydrogen-bond donors (Lipinski definition) is 1. The van der Waals surface area contributed by atoms with Crippen molar-refractivity contribution in [1.82, 2.24) is 4.90 Å². The van der Waals surface area contributed by atoms with E-state index in [0.717, 1.165) is 35.0 Å². The molecule has 2 aromatic carbocycles. The fourth-order valence-corrected chi connectivity index (χ4v) is 6.62. The molecule has 4 nitrogen and oxygen atoms in total. The van der Waals surface area contributed by atoms with Crippen molar-refractivity contribution in [3.8, 4) is 5.75 Å². The number of likely N-dealkylation sites (tertiary alicyclic amines) is 1. The molecule has 32 heavy (non-hydrogen) atoms. The van der Waals surface area contributed by atoms with Crippen molar-refractivity contribution in [3.63, 3.8) is 0 Å². The minimum Gasteiger partial charge on any atom is -0.507 e. The number of aryl methyl sites for hydroxylation is 1. The Morgan fingerprint density at radius 2 is 1.81 bits per heavy atom. The highest BCUT2D eigenvalue weighted by Gasteiger charge is 2.49. The van der Waals surface area contributed by atoms with Gasteiger partial charge in [-0.15, -0.1) is 0 Å². The standard InChI is InChI=1S/C28H33NO3/c1-18-21-10-11-24(30)23(15-29-17-28(4)14-20(29)13-27(2,3)16-28)25(21)32-26(31)22(18)12-19-8-6-5-7-9-19/h5-11,20,30H,12-17H2,1-4H3/t20-,28+/m0/s1. The van der Waals surface area contributed by atoms with Crippen LogP contribution < -0.4 is 5.63 Å². The monoisotopic (exact) mass is 431 g/mol. The molecule has 3 aromatic rings. The van der Waals surface area contributed by atoms with Crippen molar-refractivity contribution < 1.29 is 9.52 Å². The maximum absolute atomic E-state index is 13.0. The molecule has 4 heteroatoms. The van der Waals surface area contributed by atoms with E-state index in [9.17, 15) is 9.90 Å². The quantitative estimate of drug-likeness (QED) is 0.531. The molecule has 2 atom stereocenters. The van der Waals surface area contributed by atoms with Gasteiger partial charge in [0.2, 0.25) is 0 Å². The summed E-state index contributed by atoms with van der Waals surface area (Å²) in [7, 11) is 0. The highest BCUT2D eigenvalue weighted by atomic mass is 16.4. The summed E-state index contributed by atoms with van der Waals surface area (Å²) in [6.07, 6.45) is 4.14. The van der Waals surface area contributed by atoms with Gasteiger partial charge in [-0.1, -0.05) is 51.1 Å². The summed E-state index contributed by atoms with van der Waals surface area (Å²) < 4.78 is 5.90. The van der Waals surface area contributed by atoms with Crippen molar-refractivity contribution in [2.75, 3.05) is 6.54 Å². The van der Waals surface area contributed by atoms with Crippen molar-refractivity contribution in [1.29, 1.82) is 0 Å². The van der Waals surface area contributed by atoms with Crippen molar-refractivity contribution in [2.24, 2.45) is 10.8 Å². The second kappa shape index (κ2) is 7.48. The van der Waals surface area contributed by atoms with Gasteiger partial charge < -0.3 is 9.52 Å². The van der Waals surface area contributed by atoms with Crippen LogP contribution >= 0.6 is 0 Å². The maximum Gasteiger partial charge on any atom is 0.340 e. The minimum absolute atomic E-state index is 0.210. The third-order valence-electron chi connectivity index (χ3n) is 7.64. The Morgan fingerprint density at radius 1 is 1.06 bits per heavy atom. The summed E-state index contributed by atoms with van der Waals surface area (Å²) in [4.78, 5) is 15.5. The Kier molecular flexibility index (Phi) is 4.97. The van der Waals surface area contributed by atoms with Crippen LogP contribution in [0.4, 0.5) is 0 Å². The second-order valence-corrected chi connectivity index (χ2v) is 11.2. The summed E-state index contributed by atoms with van der Waals surface area (Å²) >= 11 is 0. The first-order valence-electron chi connectivity index (χ1n) is 11.7. The molecule has 5 rings (SSSR count). The fourth-order valence-electron chi connectivity index (χ4n) is 6.62. The number of benzene rings is 2. The molecule has 1 aliphatic carbocycles. The van der Waals surface area contributed by atoms with E-state index in [4.69, 9.17) is 4.42 Å². The van der Waals surface area contributed by atoms with Gasteiger partial charge in [-0.25, -0.2) is 4.79 Å². The number of aromatic hydroxyl groups is 1. The van der Waals surface area contributed by atoms with Gasteiger partial charge in [0.1, 0.15) is 11.3 Å². The largest absolute Gasteiger partial charge is 0.507 e. The second-order valence-electron chi connectivity index (χ2n) is 11.2. The molecule has 1 saturated carbocycles. The first-order chi connectivity index (χ1) is 15.1. The van der Waals surface area contributed by atoms with Crippen molar-refractivity contribution in [3.05, 3.63) is 75.1 Å². The smallest absolute Gasteiger partial charge is 0.340 e. The Labute approximate surface area is 189 Å². The van der Waals surface area contributed by atoms with Crippen LogP contribution in [0, 0.1) is 17.8 Å². The van der Waals surface area contributed by atoms with Crippen LogP contribution in [0.25, 0.3) is 11.0 Å². The summed E-state index contributed by atoms with van der Waals surface area (Å²) in [5.74, 6) is 0.210. The van der Waals surface area contributed by atoms with Gasteiger partial charge in [-0.05, 0) is 60.3 Å². The molecule has 2 aliphatic rings. The van der Waals surface area contributed by atoms with Crippen LogP contribution in [-0.4, -0.2) is 22.6 Å². The number of hydrogen-bond acceptors (Lipinski definition) is 4. The molecule has 2 bridgehead atoms. The van der Waals surface area contributed by atoms with Gasteiger partial charge in [0.25, 0.3) is 0 Å². The molecule has 1 aromatic heterocycles. The maximum atomic E-state index is 13.0. The molecule has 168 valence electrons. The molecule has 0 spiro atoms. The van der Waals surface area contributed by atoms with Crippen molar-refractivity contribution >= 4 is 11.0 Å². The highest BCUT2D eigenvalue weighted by Crippen LogP contribution is 2.53. The van der Waals surface area contributed by atoms with Crippen LogP contribution in [0.5, 0.6) is 5.75 Å². The average Bonchev–Trinajstić information content (AvgIpc) is 2.96. The molecule has 1 aliphatic heterocycles. The van der Waals surface area contributed by atoms with E-state index in [-0.39, 0.29) is 11.4 Å². The lowest BCUT2D eigenvalue weighted by Crippen LogP contribution is -2.34. The first kappa shape index (κ1) is 21.3. The molecule has 1 saturated heterocycles. The highest BCUT2D eigenvalue weighted by molar-refractivity contribution is 5.85. The topological polar surface area (TPSA) is 53.7 Å². The summed E-state index contributed by atoms with van der Waals surface area (Å²) in [6.45, 7) is 10.8. The van der Waals surface area contributed by atoms with E-state index in [0.29, 0.717) is 41.0 Å². The van der Waals surface area contributed by atoms with Gasteiger partial charge in [0, 0.05) is 36.5 Å². The summed E-state index contributed by atoms with van der Waals surface area (Å²) in [6, 6.07) is 14.1. The lowest BCUT2D eigenvalue weighted by atomic mass is 9.65. The molecular formula is C28H33NO3. The molecule has 0 radical (unpaired) electrons. The Hall–Kier alpha value is -2.59. The van der Waals surface area contributed by atoms with E-state index in [1.165, 1.54) is 12.8 Å². The Morgan fingerprint density at radius 3 is 2.56 bits per heavy atom. The Bertz CT molecular complexity index is 1230. The average molecular weight is 432 g/mol. The Balaban J connectivity index is 1.53. The van der Waals surface area contributed by atoms with E-state index in [1.807, 2.05) is 43.3 Å². The lowest BCUT2D eigenvalue weighted by molar-refractivity contribution is 0.126. The van der Waals surface area contributed by atoms with Gasteiger partial charge in [-0.3, -0.25) is 4.90 Å². The van der Waals surface area contributed by atoms with Crippen LogP contribution in [0.15, 0.2) is 51.7 Å². The van der Waals surface area contributed by atoms with Crippen molar-refractivity contribution in [2.45, 2.75) is 66.0 Å². The first-order valence-corrected chi connectivity index (χ1v) is 11.7. The number of rotatable bonds is 4. The van der Waals surface area contributed by atoms with E-state index in [1.54, 1.807) is 6.07 Å². The van der Waals surface area contributed by atoms with E-state index < -0.39 is 0 Å². The molecule has 1 N–H and O–H groups in total. The fraction of sp³-hybridized carbons (Fsp3) is 0.464. The third kappa shape index (κ3) is 3.75. The number of fused-ring (bicyclic) bond motifs is 3. The molecule has 0 amide bonds. The zero-order chi connectivity index (χ0) is 22.7. The SMILES string of the molecule is Cc1c(Cc2ccccc2)c(=O)oc2c(CN3C[C@]4(C)C[C@@H]3CC(C)(C)C4)c(O)ccc12. The minimum atomic E-state index is -0.307. The molecule has 0 unspecified atom stereocenters. The van der Waals surface area contributed by atoms with Crippen LogP contribution in [0.1, 0.15) is 62.3 Å². The van der Waals surface area contributed by atoms with Crippen LogP contribution in [0.2, 0.25) is 0 Å². The van der Waals surface area contributed by atoms with E-state index >= 15 is 0 Å². The zero-order valence-corrected chi connectivity index (χ0v) is 19.6. The summed E-state index contributed by atoms with van der Waals surface area (Å²) in [5, 5.41) is 11.7. The van der Waals surface area contributed by atoms with Gasteiger partial charge >= 0.3 is 5.63 Å². The number of nitrogens with zero attached hydrogens (tertiary/aromatic N) is 1. The molecule has 2 fully saturated rings. The summed E-state index contributed by atoms with van der Waals surface area (Å²) in [5.41, 5.74) is 4.33. The number of phenols is 1. The molecule has 2 heterocycles. The van der Waals surface area contributed by atoms with E-state index in [2.05, 4.69) is 25.7 Å². The van der Waals surface area contributed by atoms with Gasteiger partial charge in [0.15, 0.2) is 0 Å². The predicted molar refractivity (Wildman–Crippen MR) is 128 cm³/mol. The predicted octanol–water partition coefficient (Wildman–Crippen LogP) is 5.80. The zero-order valence-electron chi connectivity index (χ0n) is 19.6. The van der Waals surface area contributed by atoms with Gasteiger partial charge in [0.05, 0.1) is 5.56 Å². The van der Waals surface area contributed by atoms with Crippen LogP contribution in [-0.2, 0) is 13.0 Å². The molecular weight excluding hydrogens is 398 g/mol. The third-order valence-corrected chi connectivity index (χ3v) is 7.64. The van der Waals surface area contributed by atoms with Crippen LogP contribution in [0.3, 0.4) is 0 Å². The lowest BCUT2D eigenvalue weighted by Gasteiger charge is -2.40. The normalized spacial score (nSPS) is 24.8. The number of phenolic OH excluding ortho intramolecular Hbond substituents is 1. The van der Waals surface area contributed by atoms with Gasteiger partial charge in [-0.2, -0.15) is 0 Å².